The zero-order chi connectivity index (χ0) is 18.6. The minimum atomic E-state index is 0.148. The highest BCUT2D eigenvalue weighted by molar-refractivity contribution is 5.79. The number of rotatable bonds is 5. The Labute approximate surface area is 159 Å². The third-order valence-electron chi connectivity index (χ3n) is 5.78. The molecule has 2 fully saturated rings. The maximum absolute atomic E-state index is 12.7. The molecule has 1 amide bonds. The van der Waals surface area contributed by atoms with Crippen molar-refractivity contribution in [2.45, 2.75) is 51.6 Å². The Hall–Kier alpha value is -2.22. The molecule has 2 saturated heterocycles. The summed E-state index contributed by atoms with van der Waals surface area (Å²) in [5.41, 5.74) is 0. The Morgan fingerprint density at radius 1 is 1.19 bits per heavy atom. The van der Waals surface area contributed by atoms with Crippen molar-refractivity contribution in [2.24, 2.45) is 5.92 Å². The first-order chi connectivity index (χ1) is 13.3. The van der Waals surface area contributed by atoms with Gasteiger partial charge in [-0.25, -0.2) is 0 Å². The number of likely N-dealkylation sites (tertiary alicyclic amines) is 1. The SMILES string of the molecule is CCn1c(Cn2cccn2)nnc1C1CCN(C(=O)C2CCOCC2)CC1. The van der Waals surface area contributed by atoms with E-state index in [1.165, 1.54) is 0 Å². The first-order valence-electron chi connectivity index (χ1n) is 10.0. The van der Waals surface area contributed by atoms with Crippen LogP contribution in [0.5, 0.6) is 0 Å². The Kier molecular flexibility index (Phi) is 5.52. The van der Waals surface area contributed by atoms with Gasteiger partial charge in [0.1, 0.15) is 12.4 Å². The molecule has 0 N–H and O–H groups in total. The molecule has 0 aliphatic carbocycles. The van der Waals surface area contributed by atoms with E-state index >= 15 is 0 Å². The Morgan fingerprint density at radius 3 is 2.63 bits per heavy atom. The van der Waals surface area contributed by atoms with Crippen molar-refractivity contribution in [3.63, 3.8) is 0 Å². The summed E-state index contributed by atoms with van der Waals surface area (Å²) in [6.45, 7) is 6.66. The number of ether oxygens (including phenoxy) is 1. The van der Waals surface area contributed by atoms with Crippen LogP contribution in [0.15, 0.2) is 18.5 Å². The van der Waals surface area contributed by atoms with Gasteiger partial charge in [0, 0.05) is 57.1 Å². The fraction of sp³-hybridized carbons (Fsp3) is 0.684. The van der Waals surface area contributed by atoms with Crippen molar-refractivity contribution in [1.29, 1.82) is 0 Å². The maximum atomic E-state index is 12.7. The van der Waals surface area contributed by atoms with Crippen molar-refractivity contribution >= 4 is 5.91 Å². The van der Waals surface area contributed by atoms with Crippen LogP contribution in [-0.2, 0) is 22.6 Å². The highest BCUT2D eigenvalue weighted by Crippen LogP contribution is 2.29. The van der Waals surface area contributed by atoms with E-state index in [0.29, 0.717) is 31.6 Å². The molecule has 0 saturated carbocycles. The van der Waals surface area contributed by atoms with E-state index in [-0.39, 0.29) is 5.92 Å². The zero-order valence-corrected chi connectivity index (χ0v) is 16.0. The first kappa shape index (κ1) is 18.2. The van der Waals surface area contributed by atoms with Crippen molar-refractivity contribution < 1.29 is 9.53 Å². The molecule has 0 unspecified atom stereocenters. The normalized spacial score (nSPS) is 19.5. The number of carbonyl (C=O) groups is 1. The summed E-state index contributed by atoms with van der Waals surface area (Å²) < 4.78 is 9.46. The molecule has 0 spiro atoms. The quantitative estimate of drug-likeness (QED) is 0.798. The monoisotopic (exact) mass is 372 g/mol. The summed E-state index contributed by atoms with van der Waals surface area (Å²) in [7, 11) is 0. The van der Waals surface area contributed by atoms with Gasteiger partial charge in [-0.2, -0.15) is 5.10 Å². The number of aromatic nitrogens is 5. The van der Waals surface area contributed by atoms with Crippen LogP contribution in [0, 0.1) is 5.92 Å². The van der Waals surface area contributed by atoms with Crippen LogP contribution in [0.3, 0.4) is 0 Å². The number of piperidine rings is 1. The van der Waals surface area contributed by atoms with Gasteiger partial charge in [0.2, 0.25) is 5.91 Å². The second-order valence-corrected chi connectivity index (χ2v) is 7.41. The van der Waals surface area contributed by atoms with E-state index in [2.05, 4.69) is 26.8 Å². The minimum absolute atomic E-state index is 0.148. The molecular formula is C19H28N6O2. The predicted molar refractivity (Wildman–Crippen MR) is 99.1 cm³/mol. The molecule has 0 aromatic carbocycles. The summed E-state index contributed by atoms with van der Waals surface area (Å²) in [6, 6.07) is 1.92. The van der Waals surface area contributed by atoms with Crippen LogP contribution in [0.4, 0.5) is 0 Å². The summed E-state index contributed by atoms with van der Waals surface area (Å²) in [4.78, 5) is 14.8. The average Bonchev–Trinajstić information content (AvgIpc) is 3.38. The molecule has 4 rings (SSSR count). The highest BCUT2D eigenvalue weighted by Gasteiger charge is 2.31. The lowest BCUT2D eigenvalue weighted by molar-refractivity contribution is -0.139. The van der Waals surface area contributed by atoms with Gasteiger partial charge in [0.15, 0.2) is 5.82 Å². The second kappa shape index (κ2) is 8.21. The van der Waals surface area contributed by atoms with E-state index in [1.54, 1.807) is 6.20 Å². The van der Waals surface area contributed by atoms with E-state index in [1.807, 2.05) is 21.8 Å². The third kappa shape index (κ3) is 3.90. The molecule has 0 atom stereocenters. The molecule has 4 heterocycles. The first-order valence-corrected chi connectivity index (χ1v) is 10.0. The van der Waals surface area contributed by atoms with Gasteiger partial charge in [-0.1, -0.05) is 0 Å². The topological polar surface area (TPSA) is 78.1 Å². The zero-order valence-electron chi connectivity index (χ0n) is 16.0. The smallest absolute Gasteiger partial charge is 0.225 e. The van der Waals surface area contributed by atoms with Gasteiger partial charge >= 0.3 is 0 Å². The molecule has 8 heteroatoms. The van der Waals surface area contributed by atoms with Crippen LogP contribution < -0.4 is 0 Å². The fourth-order valence-corrected chi connectivity index (χ4v) is 4.21. The summed E-state index contributed by atoms with van der Waals surface area (Å²) >= 11 is 0. The highest BCUT2D eigenvalue weighted by atomic mass is 16.5. The summed E-state index contributed by atoms with van der Waals surface area (Å²) in [6.07, 6.45) is 7.34. The molecule has 2 aliphatic heterocycles. The molecule has 8 nitrogen and oxygen atoms in total. The number of hydrogen-bond donors (Lipinski definition) is 0. The predicted octanol–water partition coefficient (Wildman–Crippen LogP) is 1.68. The number of nitrogens with zero attached hydrogens (tertiary/aromatic N) is 6. The van der Waals surface area contributed by atoms with E-state index in [9.17, 15) is 4.79 Å². The number of carbonyl (C=O) groups excluding carboxylic acids is 1. The molecule has 2 aliphatic rings. The van der Waals surface area contributed by atoms with Gasteiger partial charge in [0.05, 0.1) is 0 Å². The van der Waals surface area contributed by atoms with Crippen LogP contribution in [-0.4, -0.2) is 61.7 Å². The van der Waals surface area contributed by atoms with Gasteiger partial charge in [-0.3, -0.25) is 9.48 Å². The molecule has 27 heavy (non-hydrogen) atoms. The van der Waals surface area contributed by atoms with Gasteiger partial charge in [-0.15, -0.1) is 10.2 Å². The van der Waals surface area contributed by atoms with E-state index in [4.69, 9.17) is 4.74 Å². The van der Waals surface area contributed by atoms with Crippen LogP contribution in [0.2, 0.25) is 0 Å². The molecule has 146 valence electrons. The lowest BCUT2D eigenvalue weighted by Gasteiger charge is -2.35. The second-order valence-electron chi connectivity index (χ2n) is 7.41. The summed E-state index contributed by atoms with van der Waals surface area (Å²) in [5, 5.41) is 13.2. The van der Waals surface area contributed by atoms with Crippen molar-refractivity contribution in [2.75, 3.05) is 26.3 Å². The minimum Gasteiger partial charge on any atom is -0.381 e. The average molecular weight is 372 g/mol. The van der Waals surface area contributed by atoms with Crippen LogP contribution in [0.1, 0.15) is 50.2 Å². The summed E-state index contributed by atoms with van der Waals surface area (Å²) in [5.74, 6) is 2.82. The Bertz CT molecular complexity index is 742. The molecule has 0 radical (unpaired) electrons. The fourth-order valence-electron chi connectivity index (χ4n) is 4.21. The van der Waals surface area contributed by atoms with Crippen molar-refractivity contribution in [3.05, 3.63) is 30.1 Å². The van der Waals surface area contributed by atoms with Crippen molar-refractivity contribution in [3.8, 4) is 0 Å². The standard InChI is InChI=1S/C19H28N6O2/c1-2-25-17(14-24-9-3-8-20-24)21-22-18(25)15-4-10-23(11-5-15)19(26)16-6-12-27-13-7-16/h3,8-9,15-16H,2,4-7,10-14H2,1H3. The molecule has 2 aromatic rings. The van der Waals surface area contributed by atoms with Gasteiger partial charge in [0.25, 0.3) is 0 Å². The lowest BCUT2D eigenvalue weighted by atomic mass is 9.93. The maximum Gasteiger partial charge on any atom is 0.225 e. The Morgan fingerprint density at radius 2 is 1.96 bits per heavy atom. The van der Waals surface area contributed by atoms with Crippen LogP contribution >= 0.6 is 0 Å². The third-order valence-corrected chi connectivity index (χ3v) is 5.78. The largest absolute Gasteiger partial charge is 0.381 e. The number of amides is 1. The lowest BCUT2D eigenvalue weighted by Crippen LogP contribution is -2.43. The van der Waals surface area contributed by atoms with Crippen LogP contribution in [0.25, 0.3) is 0 Å². The molecular weight excluding hydrogens is 344 g/mol. The Balaban J connectivity index is 1.39. The number of hydrogen-bond acceptors (Lipinski definition) is 5. The molecule has 2 aromatic heterocycles. The van der Waals surface area contributed by atoms with E-state index < -0.39 is 0 Å². The van der Waals surface area contributed by atoms with Crippen molar-refractivity contribution in [1.82, 2.24) is 29.4 Å². The van der Waals surface area contributed by atoms with Gasteiger partial charge in [-0.05, 0) is 38.7 Å². The molecule has 0 bridgehead atoms. The van der Waals surface area contributed by atoms with Gasteiger partial charge < -0.3 is 14.2 Å². The van der Waals surface area contributed by atoms with E-state index in [0.717, 1.165) is 57.0 Å².